The lowest BCUT2D eigenvalue weighted by molar-refractivity contribution is 0.406. The molecule has 0 amide bonds. The van der Waals surface area contributed by atoms with Gasteiger partial charge in [-0.3, -0.25) is 0 Å². The van der Waals surface area contributed by atoms with Gasteiger partial charge in [0.15, 0.2) is 11.1 Å². The van der Waals surface area contributed by atoms with E-state index >= 15 is 0 Å². The number of phenolic OH excluding ortho intramolecular Hbond substituents is 3. The van der Waals surface area contributed by atoms with Crippen molar-refractivity contribution in [3.63, 3.8) is 0 Å². The van der Waals surface area contributed by atoms with Crippen molar-refractivity contribution in [2.75, 3.05) is 0 Å². The molecular formula is C6H6O5S. The summed E-state index contributed by atoms with van der Waals surface area (Å²) < 4.78 is 19.0. The summed E-state index contributed by atoms with van der Waals surface area (Å²) in [4.78, 5) is -0.507. The fraction of sp³-hybridized carbons (Fsp3) is 0. The van der Waals surface area contributed by atoms with Crippen molar-refractivity contribution < 1.29 is 24.1 Å². The van der Waals surface area contributed by atoms with Crippen LogP contribution < -0.4 is 0 Å². The van der Waals surface area contributed by atoms with E-state index in [1.54, 1.807) is 0 Å². The molecule has 12 heavy (non-hydrogen) atoms. The minimum absolute atomic E-state index is 0.376. The number of aromatic hydroxyl groups is 3. The first-order valence-corrected chi connectivity index (χ1v) is 3.99. The monoisotopic (exact) mass is 190 g/mol. The Balaban J connectivity index is 3.38. The van der Waals surface area contributed by atoms with Crippen LogP contribution in [0.15, 0.2) is 17.0 Å². The molecule has 1 aromatic carbocycles. The van der Waals surface area contributed by atoms with Crippen molar-refractivity contribution in [3.8, 4) is 17.2 Å². The van der Waals surface area contributed by atoms with Crippen LogP contribution in [0.5, 0.6) is 17.2 Å². The Kier molecular flexibility index (Phi) is 2.20. The van der Waals surface area contributed by atoms with Crippen molar-refractivity contribution in [2.45, 2.75) is 4.90 Å². The number of hydrogen-bond acceptors (Lipinski definition) is 4. The van der Waals surface area contributed by atoms with Crippen molar-refractivity contribution in [1.29, 1.82) is 0 Å². The highest BCUT2D eigenvalue weighted by molar-refractivity contribution is 7.79. The molecule has 0 saturated heterocycles. The molecule has 66 valence electrons. The molecule has 0 aliphatic rings. The third kappa shape index (κ3) is 1.49. The van der Waals surface area contributed by atoms with Gasteiger partial charge in [0.05, 0.1) is 0 Å². The Morgan fingerprint density at radius 2 is 1.50 bits per heavy atom. The molecule has 0 radical (unpaired) electrons. The number of hydrogen-bond donors (Lipinski definition) is 4. The van der Waals surface area contributed by atoms with Gasteiger partial charge >= 0.3 is 0 Å². The summed E-state index contributed by atoms with van der Waals surface area (Å²) in [7, 11) is 0. The minimum atomic E-state index is -2.47. The van der Waals surface area contributed by atoms with E-state index in [1.165, 1.54) is 0 Å². The molecule has 0 spiro atoms. The van der Waals surface area contributed by atoms with Gasteiger partial charge in [-0.1, -0.05) is 0 Å². The molecule has 0 bridgehead atoms. The third-order valence-electron chi connectivity index (χ3n) is 1.21. The molecule has 4 N–H and O–H groups in total. The summed E-state index contributed by atoms with van der Waals surface area (Å²) in [6, 6.07) is 1.73. The molecule has 0 aliphatic carbocycles. The van der Waals surface area contributed by atoms with Crippen LogP contribution in [-0.4, -0.2) is 24.1 Å². The third-order valence-corrected chi connectivity index (χ3v) is 1.98. The maximum Gasteiger partial charge on any atom is 0.194 e. The summed E-state index contributed by atoms with van der Waals surface area (Å²) in [5, 5.41) is 26.7. The standard InChI is InChI=1S/C6H6O5S/c7-3-1-4(8)6(12(10)11)5(9)2-3/h1-2,7-9H,(H,10,11). The van der Waals surface area contributed by atoms with Crippen LogP contribution >= 0.6 is 0 Å². The van der Waals surface area contributed by atoms with Gasteiger partial charge < -0.3 is 19.9 Å². The molecule has 0 fully saturated rings. The molecular weight excluding hydrogens is 184 g/mol. The summed E-state index contributed by atoms with van der Waals surface area (Å²) in [6.07, 6.45) is 0. The van der Waals surface area contributed by atoms with Gasteiger partial charge in [0.25, 0.3) is 0 Å². The Labute approximate surface area is 70.2 Å². The average molecular weight is 190 g/mol. The highest BCUT2D eigenvalue weighted by Crippen LogP contribution is 2.33. The zero-order valence-electron chi connectivity index (χ0n) is 5.76. The van der Waals surface area contributed by atoms with Crippen LogP contribution in [0.1, 0.15) is 0 Å². The number of phenols is 3. The van der Waals surface area contributed by atoms with Crippen LogP contribution in [0, 0.1) is 0 Å². The maximum absolute atomic E-state index is 10.5. The molecule has 1 aromatic rings. The molecule has 1 rings (SSSR count). The first kappa shape index (κ1) is 8.82. The zero-order chi connectivity index (χ0) is 9.30. The fourth-order valence-corrected chi connectivity index (χ4v) is 1.24. The quantitative estimate of drug-likeness (QED) is 0.480. The fourth-order valence-electron chi connectivity index (χ4n) is 0.763. The lowest BCUT2D eigenvalue weighted by Gasteiger charge is -2.02. The largest absolute Gasteiger partial charge is 0.508 e. The summed E-state index contributed by atoms with van der Waals surface area (Å²) in [5.41, 5.74) is 0. The average Bonchev–Trinajstić information content (AvgIpc) is 1.82. The van der Waals surface area contributed by atoms with E-state index in [-0.39, 0.29) is 5.75 Å². The van der Waals surface area contributed by atoms with E-state index in [4.69, 9.17) is 19.9 Å². The molecule has 0 aliphatic heterocycles. The van der Waals surface area contributed by atoms with E-state index in [2.05, 4.69) is 0 Å². The molecule has 5 nitrogen and oxygen atoms in total. The predicted molar refractivity (Wildman–Crippen MR) is 40.5 cm³/mol. The number of benzene rings is 1. The van der Waals surface area contributed by atoms with Crippen molar-refractivity contribution >= 4 is 11.1 Å². The molecule has 1 atom stereocenters. The Morgan fingerprint density at radius 3 is 1.83 bits per heavy atom. The first-order chi connectivity index (χ1) is 5.52. The van der Waals surface area contributed by atoms with Crippen molar-refractivity contribution in [2.24, 2.45) is 0 Å². The second-order valence-corrected chi connectivity index (χ2v) is 2.97. The van der Waals surface area contributed by atoms with E-state index in [1.807, 2.05) is 0 Å². The van der Waals surface area contributed by atoms with Gasteiger partial charge in [0.1, 0.15) is 22.1 Å². The van der Waals surface area contributed by atoms with Crippen molar-refractivity contribution in [3.05, 3.63) is 12.1 Å². The number of rotatable bonds is 1. The Morgan fingerprint density at radius 1 is 1.08 bits per heavy atom. The SMILES string of the molecule is O=S(O)c1c(O)cc(O)cc1O. The molecule has 0 aromatic heterocycles. The van der Waals surface area contributed by atoms with Crippen LogP contribution in [0.4, 0.5) is 0 Å². The zero-order valence-corrected chi connectivity index (χ0v) is 6.58. The van der Waals surface area contributed by atoms with E-state index in [0.717, 1.165) is 12.1 Å². The summed E-state index contributed by atoms with van der Waals surface area (Å²) >= 11 is -2.47. The van der Waals surface area contributed by atoms with Gasteiger partial charge in [-0.25, -0.2) is 4.21 Å². The van der Waals surface area contributed by atoms with Crippen LogP contribution in [0.2, 0.25) is 0 Å². The van der Waals surface area contributed by atoms with Gasteiger partial charge in [0.2, 0.25) is 0 Å². The van der Waals surface area contributed by atoms with Crippen LogP contribution in [0.25, 0.3) is 0 Å². The lowest BCUT2D eigenvalue weighted by Crippen LogP contribution is -1.89. The van der Waals surface area contributed by atoms with Crippen molar-refractivity contribution in [1.82, 2.24) is 0 Å². The maximum atomic E-state index is 10.5. The first-order valence-electron chi connectivity index (χ1n) is 2.88. The second-order valence-electron chi connectivity index (χ2n) is 2.06. The minimum Gasteiger partial charge on any atom is -0.508 e. The highest BCUT2D eigenvalue weighted by Gasteiger charge is 2.14. The molecule has 0 heterocycles. The topological polar surface area (TPSA) is 98.0 Å². The van der Waals surface area contributed by atoms with Gasteiger partial charge in [0, 0.05) is 12.1 Å². The highest BCUT2D eigenvalue weighted by atomic mass is 32.2. The van der Waals surface area contributed by atoms with Gasteiger partial charge in [-0.05, 0) is 0 Å². The molecule has 0 saturated carbocycles. The molecule has 6 heteroatoms. The summed E-state index contributed by atoms with van der Waals surface area (Å²) in [5.74, 6) is -1.61. The summed E-state index contributed by atoms with van der Waals surface area (Å²) in [6.45, 7) is 0. The second kappa shape index (κ2) is 3.00. The predicted octanol–water partition coefficient (Wildman–Crippen LogP) is 0.384. The van der Waals surface area contributed by atoms with Gasteiger partial charge in [-0.2, -0.15) is 0 Å². The van der Waals surface area contributed by atoms with E-state index < -0.39 is 27.5 Å². The van der Waals surface area contributed by atoms with E-state index in [0.29, 0.717) is 0 Å². The van der Waals surface area contributed by atoms with Crippen LogP contribution in [0.3, 0.4) is 0 Å². The van der Waals surface area contributed by atoms with Crippen LogP contribution in [-0.2, 0) is 11.1 Å². The molecule has 1 unspecified atom stereocenters. The Hall–Kier alpha value is -1.27. The smallest absolute Gasteiger partial charge is 0.194 e. The van der Waals surface area contributed by atoms with Gasteiger partial charge in [-0.15, -0.1) is 0 Å². The Bertz CT molecular complexity index is 312. The normalized spacial score (nSPS) is 12.8. The lowest BCUT2D eigenvalue weighted by atomic mass is 10.3. The van der Waals surface area contributed by atoms with E-state index in [9.17, 15) is 4.21 Å².